The molecular formula is C14H21NO. The molecule has 0 aromatic heterocycles. The van der Waals surface area contributed by atoms with Gasteiger partial charge in [0.2, 0.25) is 0 Å². The van der Waals surface area contributed by atoms with Crippen LogP contribution in [0.3, 0.4) is 0 Å². The topological polar surface area (TPSA) is 32.3 Å². The van der Waals surface area contributed by atoms with Gasteiger partial charge in [0.15, 0.2) is 0 Å². The second-order valence-electron chi connectivity index (χ2n) is 5.03. The average Bonchev–Trinajstić information content (AvgIpc) is 2.18. The van der Waals surface area contributed by atoms with Gasteiger partial charge in [0.25, 0.3) is 0 Å². The van der Waals surface area contributed by atoms with Crippen molar-refractivity contribution in [3.05, 3.63) is 35.4 Å². The molecular weight excluding hydrogens is 198 g/mol. The molecule has 0 saturated heterocycles. The average molecular weight is 219 g/mol. The number of rotatable bonds is 4. The Hall–Kier alpha value is -0.860. The van der Waals surface area contributed by atoms with Gasteiger partial charge >= 0.3 is 0 Å². The van der Waals surface area contributed by atoms with Crippen molar-refractivity contribution in [2.24, 2.45) is 0 Å². The van der Waals surface area contributed by atoms with Gasteiger partial charge in [-0.2, -0.15) is 0 Å². The Morgan fingerprint density at radius 3 is 2.50 bits per heavy atom. The van der Waals surface area contributed by atoms with Crippen molar-refractivity contribution in [3.63, 3.8) is 0 Å². The molecule has 0 heterocycles. The summed E-state index contributed by atoms with van der Waals surface area (Å²) in [5.41, 5.74) is 2.78. The molecule has 2 nitrogen and oxygen atoms in total. The normalized spacial score (nSPS) is 26.2. The molecule has 88 valence electrons. The summed E-state index contributed by atoms with van der Waals surface area (Å²) in [5, 5.41) is 12.6. The predicted molar refractivity (Wildman–Crippen MR) is 66.6 cm³/mol. The van der Waals surface area contributed by atoms with Crippen LogP contribution in [0.25, 0.3) is 0 Å². The molecule has 1 aliphatic carbocycles. The number of hydrogen-bond donors (Lipinski definition) is 2. The minimum atomic E-state index is -0.238. The maximum Gasteiger partial charge on any atom is 0.0636 e. The van der Waals surface area contributed by atoms with E-state index in [1.807, 2.05) is 6.92 Å². The van der Waals surface area contributed by atoms with Crippen LogP contribution in [0, 0.1) is 6.92 Å². The number of hydrogen-bond acceptors (Lipinski definition) is 2. The first-order valence-corrected chi connectivity index (χ1v) is 6.13. The fraction of sp³-hybridized carbons (Fsp3) is 0.571. The lowest BCUT2D eigenvalue weighted by Crippen LogP contribution is -2.42. The molecule has 1 saturated carbocycles. The first-order chi connectivity index (χ1) is 7.65. The second kappa shape index (κ2) is 4.98. The Labute approximate surface area is 97.7 Å². The zero-order valence-corrected chi connectivity index (χ0v) is 10.1. The van der Waals surface area contributed by atoms with Crippen LogP contribution in [0.5, 0.6) is 0 Å². The molecule has 2 N–H and O–H groups in total. The molecule has 0 radical (unpaired) electrons. The van der Waals surface area contributed by atoms with E-state index in [9.17, 15) is 5.11 Å². The molecule has 0 spiro atoms. The van der Waals surface area contributed by atoms with Gasteiger partial charge in [0.1, 0.15) is 0 Å². The van der Waals surface area contributed by atoms with Crippen LogP contribution in [0.15, 0.2) is 24.3 Å². The zero-order chi connectivity index (χ0) is 11.5. The van der Waals surface area contributed by atoms with Gasteiger partial charge in [-0.25, -0.2) is 0 Å². The third kappa shape index (κ3) is 2.83. The van der Waals surface area contributed by atoms with Gasteiger partial charge in [0, 0.05) is 12.6 Å². The molecule has 1 fully saturated rings. The predicted octanol–water partition coefficient (Wildman–Crippen LogP) is 2.21. The maximum atomic E-state index is 9.17. The molecule has 0 unspecified atom stereocenters. The molecule has 1 atom stereocenters. The minimum absolute atomic E-state index is 0.238. The number of benzene rings is 1. The van der Waals surface area contributed by atoms with Crippen molar-refractivity contribution in [1.82, 2.24) is 5.32 Å². The lowest BCUT2D eigenvalue weighted by atomic mass is 9.76. The fourth-order valence-corrected chi connectivity index (χ4v) is 2.23. The standard InChI is InChI=1S/C14H21NO/c1-10-3-5-12(6-4-10)13-7-14(8-13)15-9-11(2)16/h3-6,11,13-16H,7-9H2,1-2H3/t11-,13?,14?/m1/s1. The van der Waals surface area contributed by atoms with Crippen molar-refractivity contribution < 1.29 is 5.11 Å². The Morgan fingerprint density at radius 2 is 1.94 bits per heavy atom. The second-order valence-corrected chi connectivity index (χ2v) is 5.03. The SMILES string of the molecule is Cc1ccc(C2CC(NC[C@@H](C)O)C2)cc1. The van der Waals surface area contributed by atoms with Crippen molar-refractivity contribution in [2.75, 3.05) is 6.54 Å². The van der Waals surface area contributed by atoms with Gasteiger partial charge in [-0.05, 0) is 38.2 Å². The van der Waals surface area contributed by atoms with Gasteiger partial charge < -0.3 is 10.4 Å². The van der Waals surface area contributed by atoms with Gasteiger partial charge in [0.05, 0.1) is 6.10 Å². The largest absolute Gasteiger partial charge is 0.392 e. The Balaban J connectivity index is 1.77. The number of aliphatic hydroxyl groups is 1. The minimum Gasteiger partial charge on any atom is -0.392 e. The summed E-state index contributed by atoms with van der Waals surface area (Å²) in [6.45, 7) is 4.66. The van der Waals surface area contributed by atoms with Crippen LogP contribution in [-0.4, -0.2) is 23.8 Å². The van der Waals surface area contributed by atoms with E-state index in [-0.39, 0.29) is 6.10 Å². The summed E-state index contributed by atoms with van der Waals surface area (Å²) in [6, 6.07) is 9.45. The monoisotopic (exact) mass is 219 g/mol. The van der Waals surface area contributed by atoms with Crippen LogP contribution in [-0.2, 0) is 0 Å². The number of aryl methyl sites for hydroxylation is 1. The quantitative estimate of drug-likeness (QED) is 0.813. The van der Waals surface area contributed by atoms with Crippen LogP contribution in [0.1, 0.15) is 36.8 Å². The summed E-state index contributed by atoms with van der Waals surface area (Å²) in [4.78, 5) is 0. The highest BCUT2D eigenvalue weighted by Gasteiger charge is 2.29. The lowest BCUT2D eigenvalue weighted by Gasteiger charge is -2.36. The smallest absolute Gasteiger partial charge is 0.0636 e. The molecule has 16 heavy (non-hydrogen) atoms. The Bertz CT molecular complexity index is 325. The van der Waals surface area contributed by atoms with Crippen LogP contribution in [0.2, 0.25) is 0 Å². The summed E-state index contributed by atoms with van der Waals surface area (Å²) < 4.78 is 0. The van der Waals surface area contributed by atoms with Gasteiger partial charge in [-0.15, -0.1) is 0 Å². The Kier molecular flexibility index (Phi) is 3.62. The summed E-state index contributed by atoms with van der Waals surface area (Å²) >= 11 is 0. The molecule has 2 rings (SSSR count). The van der Waals surface area contributed by atoms with Crippen molar-refractivity contribution >= 4 is 0 Å². The summed E-state index contributed by atoms with van der Waals surface area (Å²) in [7, 11) is 0. The molecule has 0 bridgehead atoms. The first-order valence-electron chi connectivity index (χ1n) is 6.13. The molecule has 0 amide bonds. The van der Waals surface area contributed by atoms with E-state index in [2.05, 4.69) is 36.5 Å². The zero-order valence-electron chi connectivity index (χ0n) is 10.1. The van der Waals surface area contributed by atoms with Gasteiger partial charge in [-0.1, -0.05) is 29.8 Å². The third-order valence-electron chi connectivity index (χ3n) is 3.39. The summed E-state index contributed by atoms with van der Waals surface area (Å²) in [5.74, 6) is 0.715. The van der Waals surface area contributed by atoms with Crippen LogP contribution in [0.4, 0.5) is 0 Å². The van der Waals surface area contributed by atoms with Gasteiger partial charge in [-0.3, -0.25) is 0 Å². The fourth-order valence-electron chi connectivity index (χ4n) is 2.23. The van der Waals surface area contributed by atoms with E-state index in [1.54, 1.807) is 0 Å². The lowest BCUT2D eigenvalue weighted by molar-refractivity contribution is 0.171. The van der Waals surface area contributed by atoms with E-state index in [4.69, 9.17) is 0 Å². The van der Waals surface area contributed by atoms with E-state index < -0.39 is 0 Å². The molecule has 1 aromatic carbocycles. The highest BCUT2D eigenvalue weighted by atomic mass is 16.3. The highest BCUT2D eigenvalue weighted by Crippen LogP contribution is 2.36. The van der Waals surface area contributed by atoms with Crippen molar-refractivity contribution in [3.8, 4) is 0 Å². The molecule has 1 aliphatic rings. The van der Waals surface area contributed by atoms with E-state index in [0.29, 0.717) is 18.5 Å². The van der Waals surface area contributed by atoms with Crippen LogP contribution < -0.4 is 5.32 Å². The van der Waals surface area contributed by atoms with E-state index in [1.165, 1.54) is 24.0 Å². The molecule has 1 aromatic rings. The van der Waals surface area contributed by atoms with E-state index in [0.717, 1.165) is 0 Å². The molecule has 0 aliphatic heterocycles. The maximum absolute atomic E-state index is 9.17. The van der Waals surface area contributed by atoms with Crippen LogP contribution >= 0.6 is 0 Å². The molecule has 2 heteroatoms. The number of aliphatic hydroxyl groups excluding tert-OH is 1. The third-order valence-corrected chi connectivity index (χ3v) is 3.39. The summed E-state index contributed by atoms with van der Waals surface area (Å²) in [6.07, 6.45) is 2.17. The number of nitrogens with one attached hydrogen (secondary N) is 1. The van der Waals surface area contributed by atoms with Crippen molar-refractivity contribution in [2.45, 2.75) is 44.8 Å². The van der Waals surface area contributed by atoms with Crippen molar-refractivity contribution in [1.29, 1.82) is 0 Å². The first kappa shape index (κ1) is 11.6. The highest BCUT2D eigenvalue weighted by molar-refractivity contribution is 5.26. The van der Waals surface area contributed by atoms with E-state index >= 15 is 0 Å². The Morgan fingerprint density at radius 1 is 1.31 bits per heavy atom.